The first kappa shape index (κ1) is 12.9. The highest BCUT2D eigenvalue weighted by Crippen LogP contribution is 2.10. The van der Waals surface area contributed by atoms with E-state index >= 15 is 0 Å². The minimum Gasteiger partial charge on any atom is -0.478 e. The van der Waals surface area contributed by atoms with Gasteiger partial charge in [0.15, 0.2) is 0 Å². The summed E-state index contributed by atoms with van der Waals surface area (Å²) in [6.07, 6.45) is 0. The van der Waals surface area contributed by atoms with Crippen LogP contribution in [-0.4, -0.2) is 22.2 Å². The number of benzene rings is 1. The zero-order chi connectivity index (χ0) is 12.0. The number of hydrogen-bond donors (Lipinski definition) is 2. The predicted molar refractivity (Wildman–Crippen MR) is 56.4 cm³/mol. The van der Waals surface area contributed by atoms with Crippen LogP contribution in [0.4, 0.5) is 0 Å². The van der Waals surface area contributed by atoms with Crippen molar-refractivity contribution in [2.45, 2.75) is 6.92 Å². The van der Waals surface area contributed by atoms with Gasteiger partial charge in [0, 0.05) is 0 Å². The van der Waals surface area contributed by atoms with Crippen LogP contribution in [-0.2, 0) is 0 Å². The van der Waals surface area contributed by atoms with Gasteiger partial charge in [0.2, 0.25) is 0 Å². The Bertz CT molecular complexity index is 382. The summed E-state index contributed by atoms with van der Waals surface area (Å²) in [5.41, 5.74) is 0.570. The Morgan fingerprint density at radius 1 is 1.13 bits per heavy atom. The highest BCUT2D eigenvalue weighted by Gasteiger charge is 2.10. The minimum atomic E-state index is -1.12. The summed E-state index contributed by atoms with van der Waals surface area (Å²) in [5.74, 6) is -2.23. The fraction of sp³-hybridized carbons (Fsp3) is 0.0909. The van der Waals surface area contributed by atoms with Crippen LogP contribution in [0.5, 0.6) is 0 Å². The van der Waals surface area contributed by atoms with Crippen LogP contribution >= 0.6 is 0 Å². The number of carbonyl (C=O) groups is 2. The van der Waals surface area contributed by atoms with E-state index in [0.29, 0.717) is 5.56 Å². The van der Waals surface area contributed by atoms with Crippen molar-refractivity contribution in [3.8, 4) is 0 Å². The third-order valence-corrected chi connectivity index (χ3v) is 1.71. The van der Waals surface area contributed by atoms with Crippen molar-refractivity contribution in [3.05, 3.63) is 48.0 Å². The molecule has 2 N–H and O–H groups in total. The Hall–Kier alpha value is -2.10. The fourth-order valence-corrected chi connectivity index (χ4v) is 0.985. The Morgan fingerprint density at radius 2 is 1.67 bits per heavy atom. The van der Waals surface area contributed by atoms with Crippen LogP contribution in [0.1, 0.15) is 26.3 Å². The SMILES string of the molecule is C=C.Cc1ccc(C(=O)O)cc1C(=O)O. The zero-order valence-corrected chi connectivity index (χ0v) is 8.36. The standard InChI is InChI=1S/C9H8O4.C2H4/c1-5-2-3-6(8(10)11)4-7(5)9(12)13;1-2/h2-4H,1H3,(H,10,11)(H,12,13);1-2H2. The summed E-state index contributed by atoms with van der Waals surface area (Å²) >= 11 is 0. The first-order valence-corrected chi connectivity index (χ1v) is 4.09. The maximum absolute atomic E-state index is 10.6. The smallest absolute Gasteiger partial charge is 0.335 e. The fourth-order valence-electron chi connectivity index (χ4n) is 0.985. The van der Waals surface area contributed by atoms with E-state index in [2.05, 4.69) is 13.2 Å². The van der Waals surface area contributed by atoms with Gasteiger partial charge in [0.05, 0.1) is 11.1 Å². The largest absolute Gasteiger partial charge is 0.478 e. The molecule has 0 saturated carbocycles. The molecule has 0 aliphatic carbocycles. The van der Waals surface area contributed by atoms with E-state index in [9.17, 15) is 9.59 Å². The average molecular weight is 208 g/mol. The Morgan fingerprint density at radius 3 is 2.07 bits per heavy atom. The molecule has 0 saturated heterocycles. The van der Waals surface area contributed by atoms with E-state index in [4.69, 9.17) is 10.2 Å². The van der Waals surface area contributed by atoms with Crippen molar-refractivity contribution in [2.75, 3.05) is 0 Å². The molecule has 15 heavy (non-hydrogen) atoms. The quantitative estimate of drug-likeness (QED) is 0.730. The van der Waals surface area contributed by atoms with E-state index in [0.717, 1.165) is 6.07 Å². The van der Waals surface area contributed by atoms with Crippen LogP contribution in [0.3, 0.4) is 0 Å². The van der Waals surface area contributed by atoms with Crippen molar-refractivity contribution in [3.63, 3.8) is 0 Å². The number of rotatable bonds is 2. The summed E-state index contributed by atoms with van der Waals surface area (Å²) in [7, 11) is 0. The number of aromatic carboxylic acids is 2. The molecule has 80 valence electrons. The van der Waals surface area contributed by atoms with Crippen molar-refractivity contribution >= 4 is 11.9 Å². The summed E-state index contributed by atoms with van der Waals surface area (Å²) in [5, 5.41) is 17.3. The van der Waals surface area contributed by atoms with E-state index < -0.39 is 11.9 Å². The normalized spacial score (nSPS) is 8.60. The van der Waals surface area contributed by atoms with Gasteiger partial charge in [-0.1, -0.05) is 6.07 Å². The van der Waals surface area contributed by atoms with Crippen molar-refractivity contribution in [1.82, 2.24) is 0 Å². The lowest BCUT2D eigenvalue weighted by Gasteiger charge is -2.01. The van der Waals surface area contributed by atoms with E-state index in [1.165, 1.54) is 12.1 Å². The third-order valence-electron chi connectivity index (χ3n) is 1.71. The maximum Gasteiger partial charge on any atom is 0.335 e. The molecule has 0 unspecified atom stereocenters. The molecular weight excluding hydrogens is 196 g/mol. The van der Waals surface area contributed by atoms with Gasteiger partial charge in [-0.3, -0.25) is 0 Å². The highest BCUT2D eigenvalue weighted by molar-refractivity contribution is 5.94. The van der Waals surface area contributed by atoms with Crippen LogP contribution in [0.25, 0.3) is 0 Å². The number of aryl methyl sites for hydroxylation is 1. The molecule has 1 aromatic carbocycles. The average Bonchev–Trinajstić information content (AvgIpc) is 2.20. The van der Waals surface area contributed by atoms with Gasteiger partial charge < -0.3 is 10.2 Å². The van der Waals surface area contributed by atoms with Crippen molar-refractivity contribution in [1.29, 1.82) is 0 Å². The Balaban J connectivity index is 0.000000921. The van der Waals surface area contributed by atoms with E-state index in [1.54, 1.807) is 6.92 Å². The van der Waals surface area contributed by atoms with E-state index in [-0.39, 0.29) is 11.1 Å². The molecule has 4 heteroatoms. The molecule has 1 aromatic rings. The molecule has 4 nitrogen and oxygen atoms in total. The zero-order valence-electron chi connectivity index (χ0n) is 8.36. The molecular formula is C11H12O4. The van der Waals surface area contributed by atoms with Gasteiger partial charge in [0.25, 0.3) is 0 Å². The number of hydrogen-bond acceptors (Lipinski definition) is 2. The van der Waals surface area contributed by atoms with Gasteiger partial charge in [0.1, 0.15) is 0 Å². The van der Waals surface area contributed by atoms with Gasteiger partial charge in [-0.2, -0.15) is 0 Å². The molecule has 1 rings (SSSR count). The second kappa shape index (κ2) is 5.59. The highest BCUT2D eigenvalue weighted by atomic mass is 16.4. The topological polar surface area (TPSA) is 74.6 Å². The lowest BCUT2D eigenvalue weighted by molar-refractivity contribution is 0.0695. The second-order valence-corrected chi connectivity index (χ2v) is 2.64. The first-order valence-electron chi connectivity index (χ1n) is 4.09. The Labute approximate surface area is 87.5 Å². The van der Waals surface area contributed by atoms with E-state index in [1.807, 2.05) is 0 Å². The maximum atomic E-state index is 10.6. The molecule has 0 amide bonds. The molecule has 0 bridgehead atoms. The molecule has 0 atom stereocenters. The van der Waals surface area contributed by atoms with Crippen LogP contribution in [0, 0.1) is 6.92 Å². The summed E-state index contributed by atoms with van der Waals surface area (Å²) < 4.78 is 0. The lowest BCUT2D eigenvalue weighted by atomic mass is 10.1. The molecule has 0 aromatic heterocycles. The number of carboxylic acid groups (broad SMARTS) is 2. The van der Waals surface area contributed by atoms with Crippen molar-refractivity contribution < 1.29 is 19.8 Å². The predicted octanol–water partition coefficient (Wildman–Crippen LogP) is 2.19. The first-order chi connectivity index (χ1) is 7.02. The van der Waals surface area contributed by atoms with Gasteiger partial charge in [-0.25, -0.2) is 9.59 Å². The van der Waals surface area contributed by atoms with Gasteiger partial charge in [-0.05, 0) is 24.6 Å². The molecule has 0 aliphatic heterocycles. The van der Waals surface area contributed by atoms with Crippen LogP contribution < -0.4 is 0 Å². The molecule has 0 radical (unpaired) electrons. The van der Waals surface area contributed by atoms with Crippen molar-refractivity contribution in [2.24, 2.45) is 0 Å². The molecule has 0 spiro atoms. The summed E-state index contributed by atoms with van der Waals surface area (Å²) in [4.78, 5) is 21.1. The lowest BCUT2D eigenvalue weighted by Crippen LogP contribution is -2.03. The minimum absolute atomic E-state index is 0.0111. The molecule has 0 aliphatic rings. The third kappa shape index (κ3) is 3.27. The van der Waals surface area contributed by atoms with Gasteiger partial charge >= 0.3 is 11.9 Å². The monoisotopic (exact) mass is 208 g/mol. The van der Waals surface area contributed by atoms with Gasteiger partial charge in [-0.15, -0.1) is 13.2 Å². The van der Waals surface area contributed by atoms with Crippen LogP contribution in [0.15, 0.2) is 31.4 Å². The summed E-state index contributed by atoms with van der Waals surface area (Å²) in [6, 6.07) is 4.01. The summed E-state index contributed by atoms with van der Waals surface area (Å²) in [6.45, 7) is 7.62. The number of carboxylic acids is 2. The Kier molecular flexibility index (Phi) is 4.81. The van der Waals surface area contributed by atoms with Crippen LogP contribution in [0.2, 0.25) is 0 Å². The second-order valence-electron chi connectivity index (χ2n) is 2.64. The molecule has 0 fully saturated rings. The molecule has 0 heterocycles.